The van der Waals surface area contributed by atoms with Gasteiger partial charge >= 0.3 is 6.09 Å². The van der Waals surface area contributed by atoms with Crippen molar-refractivity contribution in [1.29, 1.82) is 0 Å². The fraction of sp³-hybridized carbons (Fsp3) is 0.600. The first-order valence-electron chi connectivity index (χ1n) is 9.85. The number of amides is 1. The van der Waals surface area contributed by atoms with Gasteiger partial charge in [0, 0.05) is 31.9 Å². The Morgan fingerprint density at radius 1 is 1.31 bits per heavy atom. The van der Waals surface area contributed by atoms with Crippen molar-refractivity contribution in [2.24, 2.45) is 5.92 Å². The van der Waals surface area contributed by atoms with E-state index in [0.717, 1.165) is 49.2 Å². The Kier molecular flexibility index (Phi) is 5.50. The van der Waals surface area contributed by atoms with Gasteiger partial charge in [-0.3, -0.25) is 0 Å². The molecule has 2 atom stereocenters. The molecule has 0 aromatic carbocycles. The molecule has 2 saturated heterocycles. The molecule has 156 valence electrons. The van der Waals surface area contributed by atoms with Gasteiger partial charge in [0.15, 0.2) is 5.16 Å². The molecule has 4 rings (SSSR count). The number of hydrogen-bond donors (Lipinski definition) is 0. The maximum Gasteiger partial charge on any atom is 0.410 e. The number of anilines is 1. The number of rotatable bonds is 2. The number of halogens is 1. The maximum absolute atomic E-state index is 12.7. The molecule has 2 unspecified atom stereocenters. The van der Waals surface area contributed by atoms with E-state index < -0.39 is 5.60 Å². The van der Waals surface area contributed by atoms with Gasteiger partial charge in [0.25, 0.3) is 0 Å². The molecular weight excluding hydrogens is 410 g/mol. The molecule has 7 nitrogen and oxygen atoms in total. The maximum atomic E-state index is 12.7. The average Bonchev–Trinajstić information content (AvgIpc) is 2.92. The van der Waals surface area contributed by atoms with Crippen LogP contribution in [0.4, 0.5) is 10.6 Å². The number of fused-ring (bicyclic) bond motifs is 3. The van der Waals surface area contributed by atoms with Crippen LogP contribution in [-0.4, -0.2) is 63.5 Å². The number of nitrogens with zero attached hydrogens (tertiary/aromatic N) is 5. The summed E-state index contributed by atoms with van der Waals surface area (Å²) in [5.74, 6) is 1.35. The van der Waals surface area contributed by atoms with Crippen molar-refractivity contribution in [1.82, 2.24) is 19.9 Å². The van der Waals surface area contributed by atoms with Crippen molar-refractivity contribution >= 4 is 46.2 Å². The monoisotopic (exact) mass is 435 g/mol. The highest BCUT2D eigenvalue weighted by molar-refractivity contribution is 7.98. The number of thioether (sulfide) groups is 1. The molecule has 1 amide bonds. The zero-order valence-electron chi connectivity index (χ0n) is 17.2. The van der Waals surface area contributed by atoms with Crippen LogP contribution >= 0.6 is 23.4 Å². The standard InChI is InChI=1S/C20H26ClN5O2S/c1-20(2,3)28-19(27)26-10-12-5-6-25(11-13(26)7-12)17-14-9-22-16(21)8-15(14)23-18(24-17)29-4/h8-9,12-13H,5-7,10-11H2,1-4H3. The van der Waals surface area contributed by atoms with E-state index in [2.05, 4.69) is 14.9 Å². The second kappa shape index (κ2) is 7.80. The van der Waals surface area contributed by atoms with Gasteiger partial charge in [-0.25, -0.2) is 19.7 Å². The van der Waals surface area contributed by atoms with Crippen LogP contribution in [0, 0.1) is 5.92 Å². The van der Waals surface area contributed by atoms with Crippen LogP contribution in [0.1, 0.15) is 33.6 Å². The third kappa shape index (κ3) is 4.38. The van der Waals surface area contributed by atoms with Gasteiger partial charge in [0.05, 0.1) is 16.9 Å². The van der Waals surface area contributed by atoms with Crippen LogP contribution < -0.4 is 4.90 Å². The first kappa shape index (κ1) is 20.5. The normalized spacial score (nSPS) is 22.1. The first-order valence-corrected chi connectivity index (χ1v) is 11.5. The number of likely N-dealkylation sites (tertiary alicyclic amines) is 1. The lowest BCUT2D eigenvalue weighted by molar-refractivity contribution is 0.0221. The zero-order chi connectivity index (χ0) is 20.8. The minimum atomic E-state index is -0.495. The van der Waals surface area contributed by atoms with Crippen LogP contribution in [-0.2, 0) is 4.74 Å². The molecule has 0 saturated carbocycles. The van der Waals surface area contributed by atoms with Gasteiger partial charge in [0.1, 0.15) is 16.6 Å². The lowest BCUT2D eigenvalue weighted by atomic mass is 10.0. The van der Waals surface area contributed by atoms with Crippen molar-refractivity contribution in [3.63, 3.8) is 0 Å². The summed E-state index contributed by atoms with van der Waals surface area (Å²) in [6.45, 7) is 8.09. The molecule has 4 heterocycles. The Morgan fingerprint density at radius 2 is 2.10 bits per heavy atom. The zero-order valence-corrected chi connectivity index (χ0v) is 18.8. The summed E-state index contributed by atoms with van der Waals surface area (Å²) >= 11 is 7.59. The number of carbonyl (C=O) groups is 1. The molecule has 0 radical (unpaired) electrons. The van der Waals surface area contributed by atoms with E-state index in [1.165, 1.54) is 11.8 Å². The molecule has 0 spiro atoms. The predicted octanol–water partition coefficient (Wildman–Crippen LogP) is 4.24. The molecule has 2 fully saturated rings. The highest BCUT2D eigenvalue weighted by Crippen LogP contribution is 2.35. The number of aromatic nitrogens is 3. The van der Waals surface area contributed by atoms with Gasteiger partial charge in [-0.15, -0.1) is 0 Å². The average molecular weight is 436 g/mol. The van der Waals surface area contributed by atoms with Crippen LogP contribution in [0.5, 0.6) is 0 Å². The molecule has 2 bridgehead atoms. The Balaban J connectivity index is 1.64. The van der Waals surface area contributed by atoms with Crippen LogP contribution in [0.2, 0.25) is 5.15 Å². The van der Waals surface area contributed by atoms with E-state index in [0.29, 0.717) is 16.2 Å². The SMILES string of the molecule is CSc1nc(N2CCC3CC(C2)N(C(=O)OC(C)(C)C)C3)c2cnc(Cl)cc2n1. The van der Waals surface area contributed by atoms with Gasteiger partial charge in [-0.1, -0.05) is 23.4 Å². The van der Waals surface area contributed by atoms with Crippen molar-refractivity contribution in [2.75, 3.05) is 30.8 Å². The summed E-state index contributed by atoms with van der Waals surface area (Å²) in [6, 6.07) is 1.89. The molecule has 2 aliphatic heterocycles. The molecule has 0 N–H and O–H groups in total. The topological polar surface area (TPSA) is 71.5 Å². The largest absolute Gasteiger partial charge is 0.444 e. The van der Waals surface area contributed by atoms with Crippen LogP contribution in [0.3, 0.4) is 0 Å². The van der Waals surface area contributed by atoms with Crippen molar-refractivity contribution < 1.29 is 9.53 Å². The minimum Gasteiger partial charge on any atom is -0.444 e. The fourth-order valence-electron chi connectivity index (χ4n) is 4.11. The molecular formula is C20H26ClN5O2S. The Morgan fingerprint density at radius 3 is 2.83 bits per heavy atom. The summed E-state index contributed by atoms with van der Waals surface area (Å²) in [6.07, 6.45) is 5.49. The second-order valence-electron chi connectivity index (χ2n) is 8.68. The number of carbonyl (C=O) groups excluding carboxylic acids is 1. The minimum absolute atomic E-state index is 0.111. The molecule has 2 aromatic rings. The smallest absolute Gasteiger partial charge is 0.410 e. The lowest BCUT2D eigenvalue weighted by Gasteiger charge is -2.34. The van der Waals surface area contributed by atoms with E-state index >= 15 is 0 Å². The Labute approximate surface area is 180 Å². The third-order valence-corrected chi connectivity index (χ3v) is 6.11. The quantitative estimate of drug-likeness (QED) is 0.397. The summed E-state index contributed by atoms with van der Waals surface area (Å²) in [4.78, 5) is 30.5. The van der Waals surface area contributed by atoms with E-state index in [1.54, 1.807) is 12.3 Å². The van der Waals surface area contributed by atoms with Crippen LogP contribution in [0.15, 0.2) is 17.4 Å². The molecule has 29 heavy (non-hydrogen) atoms. The number of hydrogen-bond acceptors (Lipinski definition) is 7. The van der Waals surface area contributed by atoms with Gasteiger partial charge in [0.2, 0.25) is 0 Å². The van der Waals surface area contributed by atoms with Gasteiger partial charge < -0.3 is 14.5 Å². The summed E-state index contributed by atoms with van der Waals surface area (Å²) in [5.41, 5.74) is 0.294. The van der Waals surface area contributed by atoms with E-state index in [-0.39, 0.29) is 12.1 Å². The van der Waals surface area contributed by atoms with E-state index in [9.17, 15) is 4.79 Å². The summed E-state index contributed by atoms with van der Waals surface area (Å²) in [7, 11) is 0. The molecule has 2 aliphatic rings. The molecule has 2 aromatic heterocycles. The van der Waals surface area contributed by atoms with Crippen molar-refractivity contribution in [3.05, 3.63) is 17.4 Å². The number of pyridine rings is 1. The second-order valence-corrected chi connectivity index (χ2v) is 9.84. The number of ether oxygens (including phenoxy) is 1. The molecule has 9 heteroatoms. The van der Waals surface area contributed by atoms with Crippen molar-refractivity contribution in [3.8, 4) is 0 Å². The predicted molar refractivity (Wildman–Crippen MR) is 116 cm³/mol. The van der Waals surface area contributed by atoms with Crippen molar-refractivity contribution in [2.45, 2.75) is 50.4 Å². The van der Waals surface area contributed by atoms with Gasteiger partial charge in [-0.05, 0) is 45.8 Å². The summed E-state index contributed by atoms with van der Waals surface area (Å²) in [5, 5.41) is 2.00. The Bertz CT molecular complexity index is 935. The van der Waals surface area contributed by atoms with Crippen LogP contribution in [0.25, 0.3) is 10.9 Å². The van der Waals surface area contributed by atoms with E-state index in [1.807, 2.05) is 31.9 Å². The van der Waals surface area contributed by atoms with E-state index in [4.69, 9.17) is 21.3 Å². The highest BCUT2D eigenvalue weighted by Gasteiger charge is 2.40. The fourth-order valence-corrected chi connectivity index (χ4v) is 4.63. The first-order chi connectivity index (χ1) is 13.7. The third-order valence-electron chi connectivity index (χ3n) is 5.36. The summed E-state index contributed by atoms with van der Waals surface area (Å²) < 4.78 is 5.65. The Hall–Kier alpha value is -1.80. The molecule has 0 aliphatic carbocycles. The van der Waals surface area contributed by atoms with Gasteiger partial charge in [-0.2, -0.15) is 0 Å². The lowest BCUT2D eigenvalue weighted by Crippen LogP contribution is -2.46. The highest BCUT2D eigenvalue weighted by atomic mass is 35.5.